The molecule has 7 rings (SSSR count). The normalized spacial score (nSPS) is 16.4. The van der Waals surface area contributed by atoms with Crippen LogP contribution in [0, 0.1) is 0 Å². The molecule has 0 spiro atoms. The predicted octanol–water partition coefficient (Wildman–Crippen LogP) is 12.4. The minimum Gasteiger partial charge on any atom is -0.295 e. The van der Waals surface area contributed by atoms with Crippen molar-refractivity contribution in [3.8, 4) is 0 Å². The maximum atomic E-state index is 11.7. The molecule has 0 aliphatic heterocycles. The van der Waals surface area contributed by atoms with Gasteiger partial charge in [0.15, 0.2) is 17.3 Å². The molecule has 1 aliphatic rings. The molecule has 0 N–H and O–H groups in total. The van der Waals surface area contributed by atoms with Gasteiger partial charge in [-0.2, -0.15) is 0 Å². The summed E-state index contributed by atoms with van der Waals surface area (Å²) < 4.78 is 0. The van der Waals surface area contributed by atoms with Crippen molar-refractivity contribution in [1.82, 2.24) is 0 Å². The van der Waals surface area contributed by atoms with Crippen LogP contribution in [0.1, 0.15) is 86.3 Å². The van der Waals surface area contributed by atoms with E-state index >= 15 is 0 Å². The Balaban J connectivity index is 1.10. The summed E-state index contributed by atoms with van der Waals surface area (Å²) in [5, 5.41) is 0. The summed E-state index contributed by atoms with van der Waals surface area (Å²) in [6, 6.07) is 50.3. The molecule has 0 aromatic heterocycles. The Kier molecular flexibility index (Phi) is 10.5. The first-order valence-corrected chi connectivity index (χ1v) is 19.3. The van der Waals surface area contributed by atoms with E-state index in [4.69, 9.17) is 0 Å². The van der Waals surface area contributed by atoms with Crippen molar-refractivity contribution >= 4 is 52.6 Å². The third kappa shape index (κ3) is 8.31. The van der Waals surface area contributed by atoms with Gasteiger partial charge in [0.05, 0.1) is 0 Å². The summed E-state index contributed by atoms with van der Waals surface area (Å²) in [6.45, 7) is 4.78. The van der Waals surface area contributed by atoms with Crippen molar-refractivity contribution in [1.29, 1.82) is 0 Å². The zero-order chi connectivity index (χ0) is 35.5. The molecule has 0 radical (unpaired) electrons. The third-order valence-corrected chi connectivity index (χ3v) is 12.4. The molecular weight excluding hydrogens is 685 g/mol. The van der Waals surface area contributed by atoms with E-state index < -0.39 is 0 Å². The molecule has 0 heterocycles. The lowest BCUT2D eigenvalue weighted by molar-refractivity contribution is 0.100. The van der Waals surface area contributed by atoms with Gasteiger partial charge in [0, 0.05) is 46.1 Å². The average molecular weight is 721 g/mol. The monoisotopic (exact) mass is 720 g/mol. The molecule has 0 saturated heterocycles. The van der Waals surface area contributed by atoms with Crippen molar-refractivity contribution in [3.05, 3.63) is 179 Å². The minimum atomic E-state index is 0.0760. The molecule has 1 aliphatic carbocycles. The molecule has 6 aromatic carbocycles. The molecule has 6 aromatic rings. The fraction of sp³-hybridized carbons (Fsp3) is 0.133. The highest BCUT2D eigenvalue weighted by atomic mass is 32.2. The number of hydrogen-bond donors (Lipinski definition) is 0. The zero-order valence-corrected chi connectivity index (χ0v) is 31.0. The van der Waals surface area contributed by atoms with Gasteiger partial charge in [-0.3, -0.25) is 14.4 Å². The SMILES string of the molecule is CC(=O)c1ccc(Sc2ccc(C3C(c4ccc(Sc5ccc(C(C)=O)cc5)cc4)C3c3ccc(Sc4ccc(C(C)=O)cc4)cc3)cc2)cc1. The molecule has 252 valence electrons. The highest BCUT2D eigenvalue weighted by Crippen LogP contribution is 2.66. The quantitative estimate of drug-likeness (QED) is 0.117. The number of Topliss-reactive ketones (excluding diaryl/α,β-unsaturated/α-hetero) is 3. The molecule has 1 fully saturated rings. The molecule has 0 unspecified atom stereocenters. The standard InChI is InChI=1S/C45H36O3S3/c1-28(46)31-4-16-37(17-5-31)49-40-22-10-34(11-23-40)43-44(35-12-24-41(25-13-35)50-38-18-6-32(7-19-38)29(2)47)45(43)36-14-26-42(27-15-36)51-39-20-8-33(9-21-39)30(3)48/h4-27,43-45H,1-3H3. The topological polar surface area (TPSA) is 51.2 Å². The minimum absolute atomic E-state index is 0.0760. The van der Waals surface area contributed by atoms with Crippen molar-refractivity contribution < 1.29 is 14.4 Å². The van der Waals surface area contributed by atoms with E-state index in [0.29, 0.717) is 17.8 Å². The summed E-state index contributed by atoms with van der Waals surface area (Å²) in [4.78, 5) is 41.9. The molecule has 6 heteroatoms. The summed E-state index contributed by atoms with van der Waals surface area (Å²) in [7, 11) is 0. The number of hydrogen-bond acceptors (Lipinski definition) is 6. The molecule has 51 heavy (non-hydrogen) atoms. The largest absolute Gasteiger partial charge is 0.295 e. The molecule has 0 amide bonds. The second-order valence-corrected chi connectivity index (χ2v) is 16.3. The van der Waals surface area contributed by atoms with E-state index in [1.54, 1.807) is 56.1 Å². The van der Waals surface area contributed by atoms with Crippen molar-refractivity contribution in [3.63, 3.8) is 0 Å². The lowest BCUT2D eigenvalue weighted by atomic mass is 10.0. The van der Waals surface area contributed by atoms with Gasteiger partial charge in [-0.05, 0) is 128 Å². The Hall–Kier alpha value is -4.62. The van der Waals surface area contributed by atoms with Crippen LogP contribution >= 0.6 is 35.3 Å². The van der Waals surface area contributed by atoms with Gasteiger partial charge < -0.3 is 0 Å². The smallest absolute Gasteiger partial charge is 0.159 e. The first-order chi connectivity index (χ1) is 24.7. The lowest BCUT2D eigenvalue weighted by Crippen LogP contribution is -1.90. The maximum Gasteiger partial charge on any atom is 0.159 e. The van der Waals surface area contributed by atoms with Crippen LogP contribution in [-0.2, 0) is 0 Å². The molecule has 1 saturated carbocycles. The van der Waals surface area contributed by atoms with Crippen molar-refractivity contribution in [2.45, 2.75) is 67.9 Å². The first-order valence-electron chi connectivity index (χ1n) is 16.9. The lowest BCUT2D eigenvalue weighted by Gasteiger charge is -2.06. The molecule has 3 nitrogen and oxygen atoms in total. The second-order valence-electron chi connectivity index (χ2n) is 12.8. The summed E-state index contributed by atoms with van der Waals surface area (Å²) in [5.74, 6) is 1.30. The Morgan fingerprint density at radius 3 is 0.667 bits per heavy atom. The van der Waals surface area contributed by atoms with Crippen LogP contribution in [0.3, 0.4) is 0 Å². The zero-order valence-electron chi connectivity index (χ0n) is 28.5. The Morgan fingerprint density at radius 1 is 0.314 bits per heavy atom. The highest BCUT2D eigenvalue weighted by molar-refractivity contribution is 7.99. The van der Waals surface area contributed by atoms with E-state index in [1.807, 2.05) is 72.8 Å². The van der Waals surface area contributed by atoms with Gasteiger partial charge in [0.25, 0.3) is 0 Å². The van der Waals surface area contributed by atoms with Gasteiger partial charge in [-0.15, -0.1) is 0 Å². The van der Waals surface area contributed by atoms with E-state index in [1.165, 1.54) is 31.4 Å². The number of rotatable bonds is 12. The van der Waals surface area contributed by atoms with Crippen LogP contribution in [0.5, 0.6) is 0 Å². The number of carbonyl (C=O) groups excluding carboxylic acids is 3. The molecule has 0 bridgehead atoms. The van der Waals surface area contributed by atoms with E-state index in [0.717, 1.165) is 31.4 Å². The molecular formula is C45H36O3S3. The third-order valence-electron chi connectivity index (χ3n) is 9.30. The molecule has 0 atom stereocenters. The van der Waals surface area contributed by atoms with Crippen LogP contribution in [0.25, 0.3) is 0 Å². The van der Waals surface area contributed by atoms with Crippen LogP contribution < -0.4 is 0 Å². The summed E-state index contributed by atoms with van der Waals surface area (Å²) in [5.41, 5.74) is 6.17. The second kappa shape index (κ2) is 15.3. The Bertz CT molecular complexity index is 1910. The Morgan fingerprint density at radius 2 is 0.490 bits per heavy atom. The van der Waals surface area contributed by atoms with Gasteiger partial charge in [0.2, 0.25) is 0 Å². The highest BCUT2D eigenvalue weighted by Gasteiger charge is 2.52. The fourth-order valence-electron chi connectivity index (χ4n) is 6.51. The van der Waals surface area contributed by atoms with E-state index in [-0.39, 0.29) is 17.3 Å². The van der Waals surface area contributed by atoms with Gasteiger partial charge in [-0.25, -0.2) is 0 Å². The fourth-order valence-corrected chi connectivity index (χ4v) is 8.96. The number of benzene rings is 6. The van der Waals surface area contributed by atoms with Crippen molar-refractivity contribution in [2.75, 3.05) is 0 Å². The number of carbonyl (C=O) groups is 3. The van der Waals surface area contributed by atoms with Gasteiger partial charge in [-0.1, -0.05) is 108 Å². The van der Waals surface area contributed by atoms with E-state index in [2.05, 4.69) is 72.8 Å². The van der Waals surface area contributed by atoms with Crippen LogP contribution in [0.15, 0.2) is 175 Å². The van der Waals surface area contributed by atoms with Gasteiger partial charge >= 0.3 is 0 Å². The van der Waals surface area contributed by atoms with Crippen molar-refractivity contribution in [2.24, 2.45) is 0 Å². The average Bonchev–Trinajstić information content (AvgIpc) is 3.89. The van der Waals surface area contributed by atoms with Gasteiger partial charge in [0.1, 0.15) is 0 Å². The number of ketones is 3. The summed E-state index contributed by atoms with van der Waals surface area (Å²) in [6.07, 6.45) is 0. The summed E-state index contributed by atoms with van der Waals surface area (Å²) >= 11 is 5.11. The Labute approximate surface area is 312 Å². The first kappa shape index (κ1) is 34.8. The van der Waals surface area contributed by atoms with E-state index in [9.17, 15) is 14.4 Å². The van der Waals surface area contributed by atoms with Crippen LogP contribution in [0.4, 0.5) is 0 Å². The van der Waals surface area contributed by atoms with Crippen LogP contribution in [0.2, 0.25) is 0 Å². The van der Waals surface area contributed by atoms with Crippen LogP contribution in [-0.4, -0.2) is 17.3 Å². The maximum absolute atomic E-state index is 11.7. The predicted molar refractivity (Wildman–Crippen MR) is 209 cm³/mol.